The molecule has 3 rings (SSSR count). The van der Waals surface area contributed by atoms with Gasteiger partial charge in [-0.2, -0.15) is 4.31 Å². The Kier molecular flexibility index (Phi) is 4.69. The van der Waals surface area contributed by atoms with Gasteiger partial charge in [0, 0.05) is 25.6 Å². The highest BCUT2D eigenvalue weighted by atomic mass is 32.2. The SMILES string of the molecule is COc1ccc(S(=O)(=O)N2CCOC23CCNCC3F)cc1OC. The van der Waals surface area contributed by atoms with Crippen LogP contribution >= 0.6 is 0 Å². The lowest BCUT2D eigenvalue weighted by atomic mass is 10.0. The van der Waals surface area contributed by atoms with Crippen molar-refractivity contribution in [3.63, 3.8) is 0 Å². The lowest BCUT2D eigenvalue weighted by molar-refractivity contribution is -0.120. The molecule has 1 aromatic rings. The minimum atomic E-state index is -3.93. The summed E-state index contributed by atoms with van der Waals surface area (Å²) in [6.07, 6.45) is -1.16. The fourth-order valence-electron chi connectivity index (χ4n) is 3.25. The molecule has 0 saturated carbocycles. The molecule has 0 radical (unpaired) electrons. The number of ether oxygens (including phenoxy) is 3. The van der Waals surface area contributed by atoms with Crippen molar-refractivity contribution in [3.8, 4) is 11.5 Å². The maximum absolute atomic E-state index is 14.6. The second-order valence-corrected chi connectivity index (χ2v) is 7.57. The molecule has 134 valence electrons. The van der Waals surface area contributed by atoms with E-state index in [1.807, 2.05) is 0 Å². The quantitative estimate of drug-likeness (QED) is 0.854. The summed E-state index contributed by atoms with van der Waals surface area (Å²) in [5.41, 5.74) is -1.43. The fraction of sp³-hybridized carbons (Fsp3) is 0.600. The Bertz CT molecular complexity index is 714. The van der Waals surface area contributed by atoms with Crippen molar-refractivity contribution in [2.24, 2.45) is 0 Å². The first kappa shape index (κ1) is 17.4. The average Bonchev–Trinajstić information content (AvgIpc) is 3.02. The zero-order valence-electron chi connectivity index (χ0n) is 13.6. The van der Waals surface area contributed by atoms with Gasteiger partial charge in [-0.1, -0.05) is 0 Å². The van der Waals surface area contributed by atoms with Crippen LogP contribution < -0.4 is 14.8 Å². The van der Waals surface area contributed by atoms with Crippen LogP contribution in [-0.2, 0) is 14.8 Å². The minimum Gasteiger partial charge on any atom is -0.493 e. The Morgan fingerprint density at radius 2 is 2.08 bits per heavy atom. The molecule has 1 aromatic carbocycles. The van der Waals surface area contributed by atoms with Gasteiger partial charge in [0.05, 0.1) is 25.7 Å². The van der Waals surface area contributed by atoms with Crippen molar-refractivity contribution >= 4 is 10.0 Å². The Morgan fingerprint density at radius 3 is 2.75 bits per heavy atom. The first-order valence-electron chi connectivity index (χ1n) is 7.69. The molecular formula is C15H21FN2O5S. The summed E-state index contributed by atoms with van der Waals surface area (Å²) in [5.74, 6) is 0.726. The zero-order chi connectivity index (χ0) is 17.4. The number of nitrogens with one attached hydrogen (secondary N) is 1. The number of sulfonamides is 1. The lowest BCUT2D eigenvalue weighted by Gasteiger charge is -2.41. The van der Waals surface area contributed by atoms with Crippen molar-refractivity contribution in [3.05, 3.63) is 18.2 Å². The Balaban J connectivity index is 2.01. The molecule has 0 bridgehead atoms. The van der Waals surface area contributed by atoms with E-state index in [4.69, 9.17) is 14.2 Å². The van der Waals surface area contributed by atoms with E-state index >= 15 is 0 Å². The number of benzene rings is 1. The molecule has 2 saturated heterocycles. The van der Waals surface area contributed by atoms with Gasteiger partial charge in [0.2, 0.25) is 10.0 Å². The summed E-state index contributed by atoms with van der Waals surface area (Å²) in [5, 5.41) is 2.92. The number of methoxy groups -OCH3 is 2. The average molecular weight is 360 g/mol. The molecule has 0 aliphatic carbocycles. The summed E-state index contributed by atoms with van der Waals surface area (Å²) in [7, 11) is -1.03. The standard InChI is InChI=1S/C15H21FN2O5S/c1-21-12-4-3-11(9-13(12)22-2)24(19,20)18-7-8-23-15(18)5-6-17-10-14(15)16/h3-4,9,14,17H,5-8,10H2,1-2H3. The fourth-order valence-corrected chi connectivity index (χ4v) is 4.98. The van der Waals surface area contributed by atoms with Gasteiger partial charge in [-0.05, 0) is 18.7 Å². The third-order valence-corrected chi connectivity index (χ3v) is 6.41. The number of nitrogens with zero attached hydrogens (tertiary/aromatic N) is 1. The molecule has 2 heterocycles. The summed E-state index contributed by atoms with van der Waals surface area (Å²) < 4.78 is 57.8. The normalized spacial score (nSPS) is 28.2. The maximum Gasteiger partial charge on any atom is 0.245 e. The van der Waals surface area contributed by atoms with Crippen LogP contribution in [0.1, 0.15) is 6.42 Å². The van der Waals surface area contributed by atoms with Crippen molar-refractivity contribution in [2.75, 3.05) is 40.5 Å². The highest BCUT2D eigenvalue weighted by molar-refractivity contribution is 7.89. The van der Waals surface area contributed by atoms with Crippen molar-refractivity contribution in [2.45, 2.75) is 23.2 Å². The monoisotopic (exact) mass is 360 g/mol. The highest BCUT2D eigenvalue weighted by Gasteiger charge is 2.55. The van der Waals surface area contributed by atoms with Gasteiger partial charge in [-0.25, -0.2) is 12.8 Å². The molecule has 2 aliphatic rings. The third-order valence-electron chi connectivity index (χ3n) is 4.48. The van der Waals surface area contributed by atoms with E-state index in [2.05, 4.69) is 5.32 Å². The van der Waals surface area contributed by atoms with E-state index in [-0.39, 0.29) is 31.0 Å². The molecule has 24 heavy (non-hydrogen) atoms. The van der Waals surface area contributed by atoms with Crippen LogP contribution in [0.3, 0.4) is 0 Å². The van der Waals surface area contributed by atoms with Gasteiger partial charge in [0.1, 0.15) is 0 Å². The number of hydrogen-bond acceptors (Lipinski definition) is 6. The number of rotatable bonds is 4. The van der Waals surface area contributed by atoms with E-state index in [1.165, 1.54) is 32.4 Å². The molecule has 2 fully saturated rings. The smallest absolute Gasteiger partial charge is 0.245 e. The molecule has 9 heteroatoms. The van der Waals surface area contributed by atoms with Crippen molar-refractivity contribution in [1.82, 2.24) is 9.62 Å². The predicted molar refractivity (Wildman–Crippen MR) is 84.5 cm³/mol. The minimum absolute atomic E-state index is 0.0238. The van der Waals surface area contributed by atoms with Gasteiger partial charge >= 0.3 is 0 Å². The summed E-state index contributed by atoms with van der Waals surface area (Å²) in [6, 6.07) is 4.33. The topological polar surface area (TPSA) is 77.1 Å². The summed E-state index contributed by atoms with van der Waals surface area (Å²) in [6.45, 7) is 0.861. The van der Waals surface area contributed by atoms with Crippen LogP contribution in [0.25, 0.3) is 0 Å². The molecule has 1 spiro atoms. The van der Waals surface area contributed by atoms with Crippen molar-refractivity contribution < 1.29 is 27.0 Å². The molecule has 7 nitrogen and oxygen atoms in total. The Labute approximate surface area is 140 Å². The molecule has 1 N–H and O–H groups in total. The molecule has 2 atom stereocenters. The first-order valence-corrected chi connectivity index (χ1v) is 9.13. The number of alkyl halides is 1. The zero-order valence-corrected chi connectivity index (χ0v) is 14.4. The molecule has 0 aromatic heterocycles. The highest BCUT2D eigenvalue weighted by Crippen LogP contribution is 2.39. The summed E-state index contributed by atoms with van der Waals surface area (Å²) >= 11 is 0. The van der Waals surface area contributed by atoms with Crippen LogP contribution in [0.5, 0.6) is 11.5 Å². The van der Waals surface area contributed by atoms with Crippen LogP contribution in [0.4, 0.5) is 4.39 Å². The molecule has 0 amide bonds. The van der Waals surface area contributed by atoms with Crippen LogP contribution in [0, 0.1) is 0 Å². The van der Waals surface area contributed by atoms with Crippen LogP contribution in [-0.4, -0.2) is 65.1 Å². The largest absolute Gasteiger partial charge is 0.493 e. The van der Waals surface area contributed by atoms with E-state index in [1.54, 1.807) is 0 Å². The van der Waals surface area contributed by atoms with E-state index in [0.717, 1.165) is 4.31 Å². The van der Waals surface area contributed by atoms with Gasteiger partial charge in [-0.15, -0.1) is 0 Å². The summed E-state index contributed by atoms with van der Waals surface area (Å²) in [4.78, 5) is 0.0238. The van der Waals surface area contributed by atoms with Gasteiger partial charge in [0.25, 0.3) is 0 Å². The van der Waals surface area contributed by atoms with E-state index in [0.29, 0.717) is 18.0 Å². The lowest BCUT2D eigenvalue weighted by Crippen LogP contribution is -2.61. The second kappa shape index (κ2) is 6.47. The van der Waals surface area contributed by atoms with E-state index in [9.17, 15) is 12.8 Å². The number of hydrogen-bond donors (Lipinski definition) is 1. The van der Waals surface area contributed by atoms with E-state index < -0.39 is 21.9 Å². The maximum atomic E-state index is 14.6. The molecular weight excluding hydrogens is 339 g/mol. The number of piperidine rings is 1. The number of halogens is 1. The Morgan fingerprint density at radius 1 is 1.33 bits per heavy atom. The first-order chi connectivity index (χ1) is 11.5. The van der Waals surface area contributed by atoms with Crippen LogP contribution in [0.15, 0.2) is 23.1 Å². The van der Waals surface area contributed by atoms with Gasteiger partial charge in [0.15, 0.2) is 23.4 Å². The van der Waals surface area contributed by atoms with Gasteiger partial charge < -0.3 is 19.5 Å². The molecule has 2 aliphatic heterocycles. The Hall–Kier alpha value is -1.42. The molecule has 2 unspecified atom stereocenters. The second-order valence-electron chi connectivity index (χ2n) is 5.71. The van der Waals surface area contributed by atoms with Crippen molar-refractivity contribution in [1.29, 1.82) is 0 Å². The van der Waals surface area contributed by atoms with Gasteiger partial charge in [-0.3, -0.25) is 0 Å². The van der Waals surface area contributed by atoms with Crippen LogP contribution in [0.2, 0.25) is 0 Å². The third kappa shape index (κ3) is 2.65. The predicted octanol–water partition coefficient (Wildman–Crippen LogP) is 0.752.